The summed E-state index contributed by atoms with van der Waals surface area (Å²) in [6.45, 7) is 4.28. The number of amides is 1. The molecule has 2 aliphatic heterocycles. The standard InChI is InChI=1S/C19H29N3O4S/c1-2-13-27(24,25)22-14-17(19(15-22)6-11-26-12-7-19)18(23)21-10-5-16-3-8-20-9-4-16/h3-4,8-9,17H,2,5-7,10-15H2,1H3,(H,21,23). The molecule has 1 amide bonds. The first-order valence-electron chi connectivity index (χ1n) is 9.69. The summed E-state index contributed by atoms with van der Waals surface area (Å²) in [4.78, 5) is 16.9. The number of nitrogens with zero attached hydrogens (tertiary/aromatic N) is 2. The van der Waals surface area contributed by atoms with Gasteiger partial charge in [-0.3, -0.25) is 9.78 Å². The van der Waals surface area contributed by atoms with E-state index in [0.29, 0.717) is 32.7 Å². The van der Waals surface area contributed by atoms with Crippen LogP contribution < -0.4 is 5.32 Å². The number of aromatic nitrogens is 1. The highest BCUT2D eigenvalue weighted by molar-refractivity contribution is 7.89. The van der Waals surface area contributed by atoms with E-state index in [9.17, 15) is 13.2 Å². The number of carbonyl (C=O) groups is 1. The monoisotopic (exact) mass is 395 g/mol. The highest BCUT2D eigenvalue weighted by Crippen LogP contribution is 2.45. The van der Waals surface area contributed by atoms with Crippen LogP contribution in [-0.4, -0.2) is 62.2 Å². The van der Waals surface area contributed by atoms with Crippen molar-refractivity contribution in [2.45, 2.75) is 32.6 Å². The van der Waals surface area contributed by atoms with Gasteiger partial charge in [0.05, 0.1) is 11.7 Å². The first-order chi connectivity index (χ1) is 13.0. The lowest BCUT2D eigenvalue weighted by molar-refractivity contribution is -0.129. The van der Waals surface area contributed by atoms with E-state index < -0.39 is 10.0 Å². The second-order valence-corrected chi connectivity index (χ2v) is 9.62. The Bertz CT molecular complexity index is 733. The fraction of sp³-hybridized carbons (Fsp3) is 0.684. The van der Waals surface area contributed by atoms with E-state index in [2.05, 4.69) is 10.3 Å². The van der Waals surface area contributed by atoms with Gasteiger partial charge in [-0.1, -0.05) is 6.92 Å². The third-order valence-corrected chi connectivity index (χ3v) is 7.73. The zero-order valence-electron chi connectivity index (χ0n) is 15.9. The minimum Gasteiger partial charge on any atom is -0.381 e. The smallest absolute Gasteiger partial charge is 0.225 e. The molecule has 8 heteroatoms. The zero-order chi connectivity index (χ0) is 19.3. The van der Waals surface area contributed by atoms with Crippen molar-refractivity contribution in [1.29, 1.82) is 0 Å². The van der Waals surface area contributed by atoms with E-state index in [-0.39, 0.29) is 29.5 Å². The van der Waals surface area contributed by atoms with Crippen molar-refractivity contribution in [1.82, 2.24) is 14.6 Å². The molecule has 150 valence electrons. The van der Waals surface area contributed by atoms with Crippen LogP contribution in [0.5, 0.6) is 0 Å². The Morgan fingerprint density at radius 3 is 2.70 bits per heavy atom. The SMILES string of the molecule is CCCS(=O)(=O)N1CC(C(=O)NCCc2ccncc2)C2(CCOCC2)C1. The predicted molar refractivity (Wildman–Crippen MR) is 103 cm³/mol. The Kier molecular flexibility index (Phi) is 6.49. The topological polar surface area (TPSA) is 88.6 Å². The summed E-state index contributed by atoms with van der Waals surface area (Å²) in [6.07, 6.45) is 6.25. The molecular weight excluding hydrogens is 366 g/mol. The van der Waals surface area contributed by atoms with Gasteiger partial charge in [-0.25, -0.2) is 12.7 Å². The maximum atomic E-state index is 13.0. The number of nitrogens with one attached hydrogen (secondary N) is 1. The summed E-state index contributed by atoms with van der Waals surface area (Å²) in [5.74, 6) is -0.221. The van der Waals surface area contributed by atoms with E-state index in [4.69, 9.17) is 4.74 Å². The lowest BCUT2D eigenvalue weighted by atomic mass is 9.72. The van der Waals surface area contributed by atoms with Crippen molar-refractivity contribution in [2.24, 2.45) is 11.3 Å². The highest BCUT2D eigenvalue weighted by atomic mass is 32.2. The first kappa shape index (κ1) is 20.2. The molecule has 7 nitrogen and oxygen atoms in total. The van der Waals surface area contributed by atoms with Crippen molar-refractivity contribution in [3.05, 3.63) is 30.1 Å². The molecule has 0 saturated carbocycles. The normalized spacial score (nSPS) is 22.8. The van der Waals surface area contributed by atoms with Crippen LogP contribution in [0.15, 0.2) is 24.5 Å². The van der Waals surface area contributed by atoms with Crippen LogP contribution in [0.4, 0.5) is 0 Å². The number of rotatable bonds is 7. The van der Waals surface area contributed by atoms with Gasteiger partial charge in [0, 0.05) is 50.7 Å². The minimum absolute atomic E-state index is 0.0415. The maximum absolute atomic E-state index is 13.0. The number of carbonyl (C=O) groups excluding carboxylic acids is 1. The number of sulfonamides is 1. The highest BCUT2D eigenvalue weighted by Gasteiger charge is 2.52. The zero-order valence-corrected chi connectivity index (χ0v) is 16.7. The molecule has 3 heterocycles. The summed E-state index contributed by atoms with van der Waals surface area (Å²) >= 11 is 0. The van der Waals surface area contributed by atoms with E-state index in [0.717, 1.165) is 24.8 Å². The molecule has 0 aliphatic carbocycles. The molecule has 2 aliphatic rings. The van der Waals surface area contributed by atoms with Crippen LogP contribution in [0.2, 0.25) is 0 Å². The average Bonchev–Trinajstić information content (AvgIpc) is 3.03. The van der Waals surface area contributed by atoms with Gasteiger partial charge in [0.1, 0.15) is 0 Å². The van der Waals surface area contributed by atoms with Gasteiger partial charge >= 0.3 is 0 Å². The summed E-state index contributed by atoms with van der Waals surface area (Å²) < 4.78 is 32.2. The van der Waals surface area contributed by atoms with E-state index >= 15 is 0 Å². The molecule has 0 radical (unpaired) electrons. The van der Waals surface area contributed by atoms with Gasteiger partial charge in [-0.15, -0.1) is 0 Å². The molecule has 1 aromatic rings. The second kappa shape index (κ2) is 8.67. The number of hydrogen-bond acceptors (Lipinski definition) is 5. The lowest BCUT2D eigenvalue weighted by Crippen LogP contribution is -2.44. The molecule has 1 N–H and O–H groups in total. The van der Waals surface area contributed by atoms with Gasteiger partial charge in [-0.05, 0) is 43.4 Å². The Morgan fingerprint density at radius 2 is 2.04 bits per heavy atom. The second-order valence-electron chi connectivity index (χ2n) is 7.53. The van der Waals surface area contributed by atoms with Crippen LogP contribution in [-0.2, 0) is 26.0 Å². The molecular formula is C19H29N3O4S. The molecule has 1 spiro atoms. The van der Waals surface area contributed by atoms with E-state index in [1.807, 2.05) is 19.1 Å². The van der Waals surface area contributed by atoms with Crippen molar-refractivity contribution in [3.8, 4) is 0 Å². The molecule has 1 aromatic heterocycles. The van der Waals surface area contributed by atoms with Crippen LogP contribution in [0.25, 0.3) is 0 Å². The minimum atomic E-state index is -3.31. The maximum Gasteiger partial charge on any atom is 0.225 e. The third-order valence-electron chi connectivity index (χ3n) is 5.74. The molecule has 3 rings (SSSR count). The molecule has 2 fully saturated rings. The largest absolute Gasteiger partial charge is 0.381 e. The molecule has 0 bridgehead atoms. The van der Waals surface area contributed by atoms with Crippen molar-refractivity contribution < 1.29 is 17.9 Å². The lowest BCUT2D eigenvalue weighted by Gasteiger charge is -2.37. The Balaban J connectivity index is 1.67. The number of pyridine rings is 1. The summed E-state index contributed by atoms with van der Waals surface area (Å²) in [6, 6.07) is 3.86. The van der Waals surface area contributed by atoms with Crippen molar-refractivity contribution >= 4 is 15.9 Å². The quantitative estimate of drug-likeness (QED) is 0.750. The Morgan fingerprint density at radius 1 is 1.33 bits per heavy atom. The molecule has 27 heavy (non-hydrogen) atoms. The number of ether oxygens (including phenoxy) is 1. The average molecular weight is 396 g/mol. The first-order valence-corrected chi connectivity index (χ1v) is 11.3. The molecule has 1 atom stereocenters. The molecule has 2 saturated heterocycles. The summed E-state index contributed by atoms with van der Waals surface area (Å²) in [7, 11) is -3.31. The number of hydrogen-bond donors (Lipinski definition) is 1. The van der Waals surface area contributed by atoms with Gasteiger partial charge in [0.2, 0.25) is 15.9 Å². The van der Waals surface area contributed by atoms with Crippen LogP contribution in [0.1, 0.15) is 31.7 Å². The van der Waals surface area contributed by atoms with Crippen LogP contribution >= 0.6 is 0 Å². The third kappa shape index (κ3) is 4.67. The van der Waals surface area contributed by atoms with Crippen LogP contribution in [0, 0.1) is 11.3 Å². The van der Waals surface area contributed by atoms with E-state index in [1.165, 1.54) is 4.31 Å². The van der Waals surface area contributed by atoms with Crippen LogP contribution in [0.3, 0.4) is 0 Å². The van der Waals surface area contributed by atoms with Crippen molar-refractivity contribution in [2.75, 3.05) is 38.6 Å². The Labute approximate surface area is 161 Å². The predicted octanol–water partition coefficient (Wildman–Crippen LogP) is 1.21. The fourth-order valence-electron chi connectivity index (χ4n) is 4.17. The van der Waals surface area contributed by atoms with Crippen molar-refractivity contribution in [3.63, 3.8) is 0 Å². The van der Waals surface area contributed by atoms with Gasteiger partial charge in [-0.2, -0.15) is 0 Å². The Hall–Kier alpha value is -1.51. The van der Waals surface area contributed by atoms with E-state index in [1.54, 1.807) is 12.4 Å². The van der Waals surface area contributed by atoms with Gasteiger partial charge in [0.15, 0.2) is 0 Å². The fourth-order valence-corrected chi connectivity index (χ4v) is 5.77. The molecule has 0 aromatic carbocycles. The summed E-state index contributed by atoms with van der Waals surface area (Å²) in [5.41, 5.74) is 0.810. The van der Waals surface area contributed by atoms with Gasteiger partial charge in [0.25, 0.3) is 0 Å². The molecule has 1 unspecified atom stereocenters. The summed E-state index contributed by atoms with van der Waals surface area (Å²) in [5, 5.41) is 3.03. The van der Waals surface area contributed by atoms with Gasteiger partial charge < -0.3 is 10.1 Å².